The molecule has 2 heterocycles. The largest absolute Gasteiger partial charge is 0.478 e. The summed E-state index contributed by atoms with van der Waals surface area (Å²) in [5, 5.41) is 0.904. The second kappa shape index (κ2) is 7.19. The van der Waals surface area contributed by atoms with Crippen molar-refractivity contribution >= 4 is 35.1 Å². The van der Waals surface area contributed by atoms with E-state index in [1.165, 1.54) is 0 Å². The zero-order valence-corrected chi connectivity index (χ0v) is 16.6. The first kappa shape index (κ1) is 18.4. The van der Waals surface area contributed by atoms with Crippen molar-refractivity contribution in [2.75, 3.05) is 13.3 Å². The molecule has 0 saturated heterocycles. The Balaban J connectivity index is 1.66. The standard InChI is InChI=1S/C21H19Cl2NO3/c1-12(2)9-24-10-15-18(26-11-24)6-4-14-20(25)19(27-21(14)15)8-13-3-5-16(22)17(23)7-13/h3-8,12H,9-11H2,1-2H3/b19-8-. The molecule has 2 aromatic carbocycles. The van der Waals surface area contributed by atoms with Gasteiger partial charge in [-0.3, -0.25) is 9.69 Å². The fourth-order valence-corrected chi connectivity index (χ4v) is 3.70. The van der Waals surface area contributed by atoms with Crippen molar-refractivity contribution in [1.82, 2.24) is 4.90 Å². The SMILES string of the molecule is CC(C)CN1COc2ccc3c(c2C1)O/C(=C\c1ccc(Cl)c(Cl)c1)C3=O. The average Bonchev–Trinajstić information content (AvgIpc) is 2.94. The van der Waals surface area contributed by atoms with E-state index in [4.69, 9.17) is 32.7 Å². The molecular formula is C21H19Cl2NO3. The fraction of sp³-hybridized carbons (Fsp3) is 0.286. The fourth-order valence-electron chi connectivity index (χ4n) is 3.39. The van der Waals surface area contributed by atoms with Gasteiger partial charge in [0, 0.05) is 13.1 Å². The molecule has 0 aromatic heterocycles. The maximum atomic E-state index is 12.8. The smallest absolute Gasteiger partial charge is 0.231 e. The molecule has 140 valence electrons. The molecule has 6 heteroatoms. The molecule has 0 aliphatic carbocycles. The normalized spacial score (nSPS) is 17.7. The summed E-state index contributed by atoms with van der Waals surface area (Å²) < 4.78 is 11.8. The van der Waals surface area contributed by atoms with Crippen LogP contribution in [0.5, 0.6) is 11.5 Å². The topological polar surface area (TPSA) is 38.8 Å². The first-order valence-electron chi connectivity index (χ1n) is 8.82. The second-order valence-electron chi connectivity index (χ2n) is 7.21. The lowest BCUT2D eigenvalue weighted by molar-refractivity contribution is 0.0832. The molecule has 0 amide bonds. The Hall–Kier alpha value is -2.01. The number of fused-ring (bicyclic) bond motifs is 3. The number of ketones is 1. The molecule has 4 nitrogen and oxygen atoms in total. The van der Waals surface area contributed by atoms with Gasteiger partial charge in [-0.25, -0.2) is 0 Å². The van der Waals surface area contributed by atoms with Gasteiger partial charge in [-0.15, -0.1) is 0 Å². The summed E-state index contributed by atoms with van der Waals surface area (Å²) >= 11 is 12.0. The monoisotopic (exact) mass is 403 g/mol. The third-order valence-corrected chi connectivity index (χ3v) is 5.29. The number of allylic oxidation sites excluding steroid dienone is 1. The molecule has 0 saturated carbocycles. The summed E-state index contributed by atoms with van der Waals surface area (Å²) in [4.78, 5) is 15.0. The molecule has 27 heavy (non-hydrogen) atoms. The summed E-state index contributed by atoms with van der Waals surface area (Å²) in [6.07, 6.45) is 1.69. The maximum Gasteiger partial charge on any atom is 0.231 e. The molecule has 0 unspecified atom stereocenters. The van der Waals surface area contributed by atoms with Crippen molar-refractivity contribution in [3.8, 4) is 11.5 Å². The molecule has 0 fully saturated rings. The van der Waals surface area contributed by atoms with Crippen LogP contribution in [0.3, 0.4) is 0 Å². The van der Waals surface area contributed by atoms with Gasteiger partial charge < -0.3 is 9.47 Å². The second-order valence-corrected chi connectivity index (χ2v) is 8.03. The predicted molar refractivity (Wildman–Crippen MR) is 107 cm³/mol. The van der Waals surface area contributed by atoms with Crippen molar-refractivity contribution in [2.45, 2.75) is 20.4 Å². The molecule has 4 rings (SSSR count). The number of carbonyl (C=O) groups excluding carboxylic acids is 1. The first-order valence-corrected chi connectivity index (χ1v) is 9.58. The Labute approximate surface area is 168 Å². The van der Waals surface area contributed by atoms with Crippen molar-refractivity contribution < 1.29 is 14.3 Å². The quantitative estimate of drug-likeness (QED) is 0.641. The molecular weight excluding hydrogens is 385 g/mol. The van der Waals surface area contributed by atoms with E-state index in [0.29, 0.717) is 40.6 Å². The van der Waals surface area contributed by atoms with Crippen molar-refractivity contribution in [2.24, 2.45) is 5.92 Å². The number of rotatable bonds is 3. The Morgan fingerprint density at radius 1 is 1.19 bits per heavy atom. The van der Waals surface area contributed by atoms with Crippen LogP contribution < -0.4 is 9.47 Å². The van der Waals surface area contributed by atoms with E-state index in [1.807, 2.05) is 6.07 Å². The molecule has 0 atom stereocenters. The van der Waals surface area contributed by atoms with Gasteiger partial charge in [0.1, 0.15) is 18.2 Å². The summed E-state index contributed by atoms with van der Waals surface area (Å²) in [6, 6.07) is 8.82. The van der Waals surface area contributed by atoms with E-state index in [1.54, 1.807) is 30.3 Å². The third-order valence-electron chi connectivity index (χ3n) is 4.55. The van der Waals surface area contributed by atoms with E-state index in [-0.39, 0.29) is 11.5 Å². The van der Waals surface area contributed by atoms with E-state index in [2.05, 4.69) is 18.7 Å². The van der Waals surface area contributed by atoms with Crippen LogP contribution in [0.4, 0.5) is 0 Å². The summed E-state index contributed by atoms with van der Waals surface area (Å²) in [6.45, 7) is 6.50. The maximum absolute atomic E-state index is 12.8. The van der Waals surface area contributed by atoms with Gasteiger partial charge in [0.25, 0.3) is 0 Å². The van der Waals surface area contributed by atoms with Crippen LogP contribution in [0.25, 0.3) is 6.08 Å². The summed E-state index contributed by atoms with van der Waals surface area (Å²) in [7, 11) is 0. The van der Waals surface area contributed by atoms with E-state index >= 15 is 0 Å². The van der Waals surface area contributed by atoms with Crippen LogP contribution in [-0.4, -0.2) is 24.0 Å². The van der Waals surface area contributed by atoms with Gasteiger partial charge >= 0.3 is 0 Å². The van der Waals surface area contributed by atoms with Crippen LogP contribution in [0, 0.1) is 5.92 Å². The van der Waals surface area contributed by atoms with Crippen LogP contribution in [0.2, 0.25) is 10.0 Å². The number of carbonyl (C=O) groups is 1. The van der Waals surface area contributed by atoms with Crippen LogP contribution in [-0.2, 0) is 6.54 Å². The lowest BCUT2D eigenvalue weighted by Gasteiger charge is -2.30. The zero-order chi connectivity index (χ0) is 19.1. The van der Waals surface area contributed by atoms with Crippen LogP contribution in [0.15, 0.2) is 36.1 Å². The number of nitrogens with zero attached hydrogens (tertiary/aromatic N) is 1. The molecule has 0 spiro atoms. The Morgan fingerprint density at radius 3 is 2.74 bits per heavy atom. The van der Waals surface area contributed by atoms with E-state index in [9.17, 15) is 4.79 Å². The molecule has 2 aliphatic rings. The summed E-state index contributed by atoms with van der Waals surface area (Å²) in [5.41, 5.74) is 2.24. The lowest BCUT2D eigenvalue weighted by atomic mass is 10.0. The first-order chi connectivity index (χ1) is 12.9. The minimum atomic E-state index is -0.139. The van der Waals surface area contributed by atoms with Gasteiger partial charge in [-0.1, -0.05) is 43.1 Å². The van der Waals surface area contributed by atoms with Crippen LogP contribution in [0.1, 0.15) is 35.3 Å². The lowest BCUT2D eigenvalue weighted by Crippen LogP contribution is -2.34. The number of Topliss-reactive ketones (excluding diaryl/α,β-unsaturated/α-hetero) is 1. The Bertz CT molecular complexity index is 953. The highest BCUT2D eigenvalue weighted by Gasteiger charge is 2.33. The van der Waals surface area contributed by atoms with Crippen molar-refractivity contribution in [3.63, 3.8) is 0 Å². The molecule has 0 radical (unpaired) electrons. The average molecular weight is 404 g/mol. The number of ether oxygens (including phenoxy) is 2. The van der Waals surface area contributed by atoms with Gasteiger partial charge in [-0.2, -0.15) is 0 Å². The highest BCUT2D eigenvalue weighted by Crippen LogP contribution is 2.42. The third kappa shape index (κ3) is 3.57. The van der Waals surface area contributed by atoms with Gasteiger partial charge in [0.2, 0.25) is 5.78 Å². The predicted octanol–water partition coefficient (Wildman–Crippen LogP) is 5.42. The zero-order valence-electron chi connectivity index (χ0n) is 15.1. The van der Waals surface area contributed by atoms with E-state index < -0.39 is 0 Å². The highest BCUT2D eigenvalue weighted by molar-refractivity contribution is 6.42. The number of halogens is 2. The van der Waals surface area contributed by atoms with E-state index in [0.717, 1.165) is 23.4 Å². The molecule has 2 aliphatic heterocycles. The van der Waals surface area contributed by atoms with Crippen molar-refractivity contribution in [3.05, 3.63) is 62.8 Å². The van der Waals surface area contributed by atoms with Gasteiger partial charge in [0.05, 0.1) is 21.2 Å². The molecule has 0 N–H and O–H groups in total. The molecule has 0 bridgehead atoms. The van der Waals surface area contributed by atoms with Crippen molar-refractivity contribution in [1.29, 1.82) is 0 Å². The van der Waals surface area contributed by atoms with Crippen LogP contribution >= 0.6 is 23.2 Å². The number of hydrogen-bond donors (Lipinski definition) is 0. The molecule has 2 aromatic rings. The van der Waals surface area contributed by atoms with Gasteiger partial charge in [0.15, 0.2) is 5.76 Å². The minimum absolute atomic E-state index is 0.139. The number of benzene rings is 2. The number of hydrogen-bond acceptors (Lipinski definition) is 4. The Kier molecular flexibility index (Phi) is 4.89. The summed E-state index contributed by atoms with van der Waals surface area (Å²) in [5.74, 6) is 2.03. The minimum Gasteiger partial charge on any atom is -0.478 e. The highest BCUT2D eigenvalue weighted by atomic mass is 35.5. The van der Waals surface area contributed by atoms with Gasteiger partial charge in [-0.05, 0) is 41.8 Å². The Morgan fingerprint density at radius 2 is 2.00 bits per heavy atom.